The zero-order valence-electron chi connectivity index (χ0n) is 15.5. The Kier molecular flexibility index (Phi) is 7.33. The average Bonchev–Trinajstić information content (AvgIpc) is 3.16. The third-order valence-electron chi connectivity index (χ3n) is 4.42. The highest BCUT2D eigenvalue weighted by atomic mass is 35.5. The van der Waals surface area contributed by atoms with Crippen molar-refractivity contribution in [1.29, 1.82) is 0 Å². The van der Waals surface area contributed by atoms with Crippen molar-refractivity contribution in [2.75, 3.05) is 19.8 Å². The number of rotatable bonds is 9. The van der Waals surface area contributed by atoms with E-state index in [0.29, 0.717) is 35.2 Å². The zero-order chi connectivity index (χ0) is 19.1. The van der Waals surface area contributed by atoms with Gasteiger partial charge in [-0.05, 0) is 43.5 Å². The molecular formula is C21H25ClFNO3. The standard InChI is InChI=1S/C21H25ClFNO3/c1-2-25-20-11-15(12-24-13-17-7-5-9-26-17)10-18(22)21(20)27-14-16-6-3-4-8-19(16)23/h3-4,6,8,10-11,17,24H,2,5,7,9,12-14H2,1H3. The molecule has 6 heteroatoms. The van der Waals surface area contributed by atoms with Crippen LogP contribution in [0.5, 0.6) is 11.5 Å². The van der Waals surface area contributed by atoms with Crippen LogP contribution in [0.4, 0.5) is 4.39 Å². The molecule has 1 heterocycles. The number of benzene rings is 2. The van der Waals surface area contributed by atoms with E-state index in [1.54, 1.807) is 18.2 Å². The summed E-state index contributed by atoms with van der Waals surface area (Å²) in [5, 5.41) is 3.85. The first-order valence-electron chi connectivity index (χ1n) is 9.31. The van der Waals surface area contributed by atoms with E-state index in [1.165, 1.54) is 6.07 Å². The first-order valence-corrected chi connectivity index (χ1v) is 9.69. The molecule has 0 bridgehead atoms. The maximum Gasteiger partial charge on any atom is 0.180 e. The SMILES string of the molecule is CCOc1cc(CNCC2CCCO2)cc(Cl)c1OCc1ccccc1F. The molecule has 1 atom stereocenters. The van der Waals surface area contributed by atoms with Gasteiger partial charge in [0.1, 0.15) is 12.4 Å². The van der Waals surface area contributed by atoms with Crippen LogP contribution in [-0.2, 0) is 17.9 Å². The second-order valence-corrected chi connectivity index (χ2v) is 6.89. The lowest BCUT2D eigenvalue weighted by molar-refractivity contribution is 0.110. The van der Waals surface area contributed by atoms with Crippen molar-refractivity contribution in [3.05, 3.63) is 58.4 Å². The Balaban J connectivity index is 1.66. The third kappa shape index (κ3) is 5.58. The van der Waals surface area contributed by atoms with Crippen molar-refractivity contribution < 1.29 is 18.6 Å². The molecule has 146 valence electrons. The Bertz CT molecular complexity index is 750. The molecule has 3 rings (SSSR count). The Hall–Kier alpha value is -1.82. The van der Waals surface area contributed by atoms with Gasteiger partial charge in [0.15, 0.2) is 11.5 Å². The molecule has 27 heavy (non-hydrogen) atoms. The molecule has 2 aromatic rings. The van der Waals surface area contributed by atoms with Gasteiger partial charge in [-0.2, -0.15) is 0 Å². The summed E-state index contributed by atoms with van der Waals surface area (Å²) in [6.45, 7) is 4.79. The maximum absolute atomic E-state index is 13.8. The average molecular weight is 394 g/mol. The first-order chi connectivity index (χ1) is 13.2. The van der Waals surface area contributed by atoms with Gasteiger partial charge in [0, 0.05) is 25.3 Å². The van der Waals surface area contributed by atoms with Gasteiger partial charge >= 0.3 is 0 Å². The first kappa shape index (κ1) is 19.9. The van der Waals surface area contributed by atoms with Crippen LogP contribution in [0.15, 0.2) is 36.4 Å². The van der Waals surface area contributed by atoms with Crippen LogP contribution in [0.3, 0.4) is 0 Å². The fourth-order valence-electron chi connectivity index (χ4n) is 3.07. The van der Waals surface area contributed by atoms with Crippen LogP contribution in [0.2, 0.25) is 5.02 Å². The second kappa shape index (κ2) is 9.93. The third-order valence-corrected chi connectivity index (χ3v) is 4.70. The number of nitrogens with one attached hydrogen (secondary N) is 1. The van der Waals surface area contributed by atoms with Crippen molar-refractivity contribution in [2.45, 2.75) is 39.0 Å². The minimum atomic E-state index is -0.304. The Morgan fingerprint density at radius 1 is 1.26 bits per heavy atom. The lowest BCUT2D eigenvalue weighted by atomic mass is 10.2. The van der Waals surface area contributed by atoms with E-state index in [2.05, 4.69) is 5.32 Å². The van der Waals surface area contributed by atoms with Crippen LogP contribution in [0, 0.1) is 5.82 Å². The van der Waals surface area contributed by atoms with E-state index in [-0.39, 0.29) is 18.5 Å². The van der Waals surface area contributed by atoms with E-state index in [9.17, 15) is 4.39 Å². The maximum atomic E-state index is 13.8. The Labute approximate surface area is 164 Å². The highest BCUT2D eigenvalue weighted by Gasteiger charge is 2.16. The normalized spacial score (nSPS) is 16.5. The molecule has 2 aromatic carbocycles. The molecule has 0 saturated carbocycles. The molecule has 1 saturated heterocycles. The predicted octanol–water partition coefficient (Wildman–Crippen LogP) is 4.73. The summed E-state index contributed by atoms with van der Waals surface area (Å²) in [6, 6.07) is 10.3. The molecule has 4 nitrogen and oxygen atoms in total. The number of halogens is 2. The van der Waals surface area contributed by atoms with Gasteiger partial charge in [-0.1, -0.05) is 29.8 Å². The summed E-state index contributed by atoms with van der Waals surface area (Å²) in [4.78, 5) is 0. The van der Waals surface area contributed by atoms with Crippen molar-refractivity contribution in [3.8, 4) is 11.5 Å². The second-order valence-electron chi connectivity index (χ2n) is 6.48. The van der Waals surface area contributed by atoms with Gasteiger partial charge in [-0.25, -0.2) is 4.39 Å². The molecule has 0 aromatic heterocycles. The molecule has 1 aliphatic rings. The minimum Gasteiger partial charge on any atom is -0.490 e. The summed E-state index contributed by atoms with van der Waals surface area (Å²) in [5.74, 6) is 0.696. The van der Waals surface area contributed by atoms with Gasteiger partial charge in [0.05, 0.1) is 17.7 Å². The number of ether oxygens (including phenoxy) is 3. The van der Waals surface area contributed by atoms with Crippen LogP contribution in [0.1, 0.15) is 30.9 Å². The summed E-state index contributed by atoms with van der Waals surface area (Å²) >= 11 is 6.43. The Morgan fingerprint density at radius 2 is 2.11 bits per heavy atom. The highest BCUT2D eigenvalue weighted by molar-refractivity contribution is 6.32. The van der Waals surface area contributed by atoms with Crippen LogP contribution in [-0.4, -0.2) is 25.9 Å². The summed E-state index contributed by atoms with van der Waals surface area (Å²) in [5.41, 5.74) is 1.47. The quantitative estimate of drug-likeness (QED) is 0.668. The van der Waals surface area contributed by atoms with Crippen molar-refractivity contribution >= 4 is 11.6 Å². The van der Waals surface area contributed by atoms with Crippen LogP contribution < -0.4 is 14.8 Å². The molecule has 1 fully saturated rings. The van der Waals surface area contributed by atoms with Gasteiger partial charge < -0.3 is 19.5 Å². The highest BCUT2D eigenvalue weighted by Crippen LogP contribution is 2.37. The van der Waals surface area contributed by atoms with Gasteiger partial charge in [-0.3, -0.25) is 0 Å². The largest absolute Gasteiger partial charge is 0.490 e. The topological polar surface area (TPSA) is 39.7 Å². The monoisotopic (exact) mass is 393 g/mol. The van der Waals surface area contributed by atoms with Crippen LogP contribution in [0.25, 0.3) is 0 Å². The van der Waals surface area contributed by atoms with E-state index < -0.39 is 0 Å². The van der Waals surface area contributed by atoms with E-state index >= 15 is 0 Å². The zero-order valence-corrected chi connectivity index (χ0v) is 16.2. The summed E-state index contributed by atoms with van der Waals surface area (Å²) in [7, 11) is 0. The van der Waals surface area contributed by atoms with Crippen molar-refractivity contribution in [1.82, 2.24) is 5.32 Å². The molecular weight excluding hydrogens is 369 g/mol. The molecule has 1 unspecified atom stereocenters. The van der Waals surface area contributed by atoms with Crippen LogP contribution >= 0.6 is 11.6 Å². The van der Waals surface area contributed by atoms with Crippen molar-refractivity contribution in [2.24, 2.45) is 0 Å². The molecule has 0 radical (unpaired) electrons. The van der Waals surface area contributed by atoms with Gasteiger partial charge in [0.25, 0.3) is 0 Å². The lowest BCUT2D eigenvalue weighted by Crippen LogP contribution is -2.25. The predicted molar refractivity (Wildman–Crippen MR) is 104 cm³/mol. The smallest absolute Gasteiger partial charge is 0.180 e. The number of hydrogen-bond acceptors (Lipinski definition) is 4. The van der Waals surface area contributed by atoms with E-state index in [1.807, 2.05) is 19.1 Å². The molecule has 0 aliphatic carbocycles. The molecule has 1 aliphatic heterocycles. The molecule has 0 spiro atoms. The lowest BCUT2D eigenvalue weighted by Gasteiger charge is -2.16. The fourth-order valence-corrected chi connectivity index (χ4v) is 3.36. The molecule has 1 N–H and O–H groups in total. The van der Waals surface area contributed by atoms with Crippen molar-refractivity contribution in [3.63, 3.8) is 0 Å². The fraction of sp³-hybridized carbons (Fsp3) is 0.429. The molecule has 0 amide bonds. The summed E-state index contributed by atoms with van der Waals surface area (Å²) < 4.78 is 30.9. The number of hydrogen-bond donors (Lipinski definition) is 1. The van der Waals surface area contributed by atoms with E-state index in [0.717, 1.165) is 31.6 Å². The van der Waals surface area contributed by atoms with Gasteiger partial charge in [0.2, 0.25) is 0 Å². The minimum absolute atomic E-state index is 0.0864. The van der Waals surface area contributed by atoms with E-state index in [4.69, 9.17) is 25.8 Å². The summed E-state index contributed by atoms with van der Waals surface area (Å²) in [6.07, 6.45) is 2.51. The van der Waals surface area contributed by atoms with Gasteiger partial charge in [-0.15, -0.1) is 0 Å². The Morgan fingerprint density at radius 3 is 2.85 bits per heavy atom.